The Labute approximate surface area is 162 Å². The number of hydrazine groups is 1. The molecule has 1 atom stereocenters. The van der Waals surface area contributed by atoms with Gasteiger partial charge < -0.3 is 4.74 Å². The highest BCUT2D eigenvalue weighted by atomic mass is 35.5. The quantitative estimate of drug-likeness (QED) is 0.706. The number of ether oxygens (including phenoxy) is 1. The number of aryl methyl sites for hydroxylation is 1. The summed E-state index contributed by atoms with van der Waals surface area (Å²) in [7, 11) is -4.08. The van der Waals surface area contributed by atoms with Gasteiger partial charge in [0.15, 0.2) is 6.10 Å². The van der Waals surface area contributed by atoms with E-state index in [9.17, 15) is 13.2 Å². The fourth-order valence-corrected chi connectivity index (χ4v) is 3.67. The van der Waals surface area contributed by atoms with Crippen molar-refractivity contribution in [2.45, 2.75) is 31.8 Å². The molecule has 0 aliphatic heterocycles. The Kier molecular flexibility index (Phi) is 6.52. The number of rotatable bonds is 6. The maximum absolute atomic E-state index is 12.3. The SMILES string of the molecule is Cc1cccc(O[C@@H](C)C(=O)NNS(=O)(=O)c2cccc(Cl)c2Cl)c1C. The van der Waals surface area contributed by atoms with Crippen LogP contribution < -0.4 is 15.0 Å². The highest BCUT2D eigenvalue weighted by Gasteiger charge is 2.22. The van der Waals surface area contributed by atoms with Crippen LogP contribution in [0, 0.1) is 13.8 Å². The molecule has 0 bridgehead atoms. The fourth-order valence-electron chi connectivity index (χ4n) is 2.06. The third kappa shape index (κ3) is 4.67. The molecule has 0 radical (unpaired) electrons. The Balaban J connectivity index is 2.05. The first-order chi connectivity index (χ1) is 12.1. The molecular formula is C17H18Cl2N2O4S. The van der Waals surface area contributed by atoms with Crippen LogP contribution in [0.15, 0.2) is 41.3 Å². The molecule has 0 aliphatic rings. The molecule has 2 N–H and O–H groups in total. The van der Waals surface area contributed by atoms with Crippen molar-refractivity contribution >= 4 is 39.1 Å². The fraction of sp³-hybridized carbons (Fsp3) is 0.235. The van der Waals surface area contributed by atoms with Gasteiger partial charge in [-0.25, -0.2) is 8.42 Å². The molecule has 9 heteroatoms. The highest BCUT2D eigenvalue weighted by molar-refractivity contribution is 7.89. The van der Waals surface area contributed by atoms with E-state index in [0.717, 1.165) is 11.1 Å². The topological polar surface area (TPSA) is 84.5 Å². The van der Waals surface area contributed by atoms with Crippen molar-refractivity contribution in [1.29, 1.82) is 0 Å². The summed E-state index contributed by atoms with van der Waals surface area (Å²) in [5, 5.41) is -0.0388. The molecule has 2 rings (SSSR count). The van der Waals surface area contributed by atoms with Gasteiger partial charge in [0.1, 0.15) is 10.6 Å². The van der Waals surface area contributed by atoms with Crippen LogP contribution in [0.4, 0.5) is 0 Å². The third-order valence-corrected chi connectivity index (χ3v) is 5.96. The number of sulfonamides is 1. The molecule has 0 saturated carbocycles. The van der Waals surface area contributed by atoms with Gasteiger partial charge >= 0.3 is 0 Å². The standard InChI is InChI=1S/C17H18Cl2N2O4S/c1-10-6-4-8-14(11(10)2)25-12(3)17(22)20-21-26(23,24)15-9-5-7-13(18)16(15)19/h4-9,12,21H,1-3H3,(H,20,22)/t12-/m0/s1. The van der Waals surface area contributed by atoms with Crippen LogP contribution in [0.2, 0.25) is 10.0 Å². The predicted octanol–water partition coefficient (Wildman–Crippen LogP) is 3.39. The Hall–Kier alpha value is -1.80. The molecule has 0 fully saturated rings. The van der Waals surface area contributed by atoms with Gasteiger partial charge in [-0.3, -0.25) is 10.2 Å². The number of carbonyl (C=O) groups is 1. The summed E-state index contributed by atoms with van der Waals surface area (Å²) in [6.45, 7) is 5.31. The zero-order valence-electron chi connectivity index (χ0n) is 14.3. The van der Waals surface area contributed by atoms with E-state index in [0.29, 0.717) is 5.75 Å². The normalized spacial score (nSPS) is 12.5. The first-order valence-corrected chi connectivity index (χ1v) is 9.86. The molecule has 0 spiro atoms. The predicted molar refractivity (Wildman–Crippen MR) is 101 cm³/mol. The van der Waals surface area contributed by atoms with Crippen molar-refractivity contribution < 1.29 is 17.9 Å². The van der Waals surface area contributed by atoms with Gasteiger partial charge in [-0.1, -0.05) is 41.4 Å². The maximum atomic E-state index is 12.3. The first-order valence-electron chi connectivity index (χ1n) is 7.62. The average molecular weight is 417 g/mol. The molecule has 0 heterocycles. The number of halogens is 2. The second kappa shape index (κ2) is 8.26. The van der Waals surface area contributed by atoms with Crippen LogP contribution in [0.1, 0.15) is 18.1 Å². The zero-order valence-corrected chi connectivity index (χ0v) is 16.7. The molecular weight excluding hydrogens is 399 g/mol. The van der Waals surface area contributed by atoms with Crippen LogP contribution >= 0.6 is 23.2 Å². The molecule has 0 saturated heterocycles. The average Bonchev–Trinajstić information content (AvgIpc) is 2.59. The van der Waals surface area contributed by atoms with Gasteiger partial charge in [-0.2, -0.15) is 0 Å². The van der Waals surface area contributed by atoms with Crippen LogP contribution in [0.3, 0.4) is 0 Å². The van der Waals surface area contributed by atoms with Gasteiger partial charge in [0.25, 0.3) is 15.9 Å². The zero-order chi connectivity index (χ0) is 19.5. The number of hydrogen-bond acceptors (Lipinski definition) is 4. The number of benzene rings is 2. The van der Waals surface area contributed by atoms with Crippen LogP contribution in [0.25, 0.3) is 0 Å². The van der Waals surface area contributed by atoms with Crippen molar-refractivity contribution in [3.05, 3.63) is 57.6 Å². The van der Waals surface area contributed by atoms with Gasteiger partial charge in [-0.05, 0) is 50.1 Å². The summed E-state index contributed by atoms with van der Waals surface area (Å²) in [4.78, 5) is 13.9. The summed E-state index contributed by atoms with van der Waals surface area (Å²) in [6, 6.07) is 9.65. The molecule has 26 heavy (non-hydrogen) atoms. The lowest BCUT2D eigenvalue weighted by molar-refractivity contribution is -0.127. The minimum Gasteiger partial charge on any atom is -0.481 e. The molecule has 1 amide bonds. The molecule has 0 unspecified atom stereocenters. The summed E-state index contributed by atoms with van der Waals surface area (Å²) >= 11 is 11.7. The lowest BCUT2D eigenvalue weighted by atomic mass is 10.1. The van der Waals surface area contributed by atoms with Gasteiger partial charge in [0.05, 0.1) is 10.0 Å². The summed E-state index contributed by atoms with van der Waals surface area (Å²) in [5.74, 6) is -0.110. The molecule has 6 nitrogen and oxygen atoms in total. The minimum absolute atomic E-state index is 0.0903. The minimum atomic E-state index is -4.08. The largest absolute Gasteiger partial charge is 0.481 e. The van der Waals surface area contributed by atoms with Crippen molar-refractivity contribution in [2.75, 3.05) is 0 Å². The van der Waals surface area contributed by atoms with Gasteiger partial charge in [0, 0.05) is 0 Å². The van der Waals surface area contributed by atoms with E-state index >= 15 is 0 Å². The first kappa shape index (κ1) is 20.5. The summed E-state index contributed by atoms with van der Waals surface area (Å²) in [5.41, 5.74) is 4.04. The molecule has 2 aromatic carbocycles. The second-order valence-electron chi connectivity index (χ2n) is 5.60. The van der Waals surface area contributed by atoms with Crippen molar-refractivity contribution in [2.24, 2.45) is 0 Å². The number of carbonyl (C=O) groups excluding carboxylic acids is 1. The van der Waals surface area contributed by atoms with E-state index in [1.165, 1.54) is 25.1 Å². The molecule has 0 aliphatic carbocycles. The highest BCUT2D eigenvalue weighted by Crippen LogP contribution is 2.28. The molecule has 0 aromatic heterocycles. The number of nitrogens with one attached hydrogen (secondary N) is 2. The Morgan fingerprint density at radius 3 is 2.46 bits per heavy atom. The van der Waals surface area contributed by atoms with E-state index in [4.69, 9.17) is 27.9 Å². The van der Waals surface area contributed by atoms with Crippen molar-refractivity contribution in [3.63, 3.8) is 0 Å². The van der Waals surface area contributed by atoms with Crippen LogP contribution in [-0.4, -0.2) is 20.4 Å². The monoisotopic (exact) mass is 416 g/mol. The van der Waals surface area contributed by atoms with Gasteiger partial charge in [0.2, 0.25) is 0 Å². The summed E-state index contributed by atoms with van der Waals surface area (Å²) < 4.78 is 30.2. The van der Waals surface area contributed by atoms with E-state index in [1.54, 1.807) is 6.07 Å². The summed E-state index contributed by atoms with van der Waals surface area (Å²) in [6.07, 6.45) is -0.923. The Morgan fingerprint density at radius 1 is 1.12 bits per heavy atom. The molecule has 140 valence electrons. The van der Waals surface area contributed by atoms with E-state index in [1.807, 2.05) is 30.8 Å². The third-order valence-electron chi connectivity index (χ3n) is 3.74. The Bertz CT molecular complexity index is 932. The number of hydrogen-bond donors (Lipinski definition) is 2. The Morgan fingerprint density at radius 2 is 1.77 bits per heavy atom. The van der Waals surface area contributed by atoms with E-state index in [2.05, 4.69) is 5.43 Å². The lowest BCUT2D eigenvalue weighted by Crippen LogP contribution is -2.47. The van der Waals surface area contributed by atoms with Crippen LogP contribution in [-0.2, 0) is 14.8 Å². The van der Waals surface area contributed by atoms with Crippen molar-refractivity contribution in [3.8, 4) is 5.75 Å². The van der Waals surface area contributed by atoms with Crippen molar-refractivity contribution in [1.82, 2.24) is 10.3 Å². The second-order valence-corrected chi connectivity index (χ2v) is 8.04. The van der Waals surface area contributed by atoms with E-state index < -0.39 is 22.0 Å². The van der Waals surface area contributed by atoms with E-state index in [-0.39, 0.29) is 14.9 Å². The lowest BCUT2D eigenvalue weighted by Gasteiger charge is -2.17. The van der Waals surface area contributed by atoms with Crippen LogP contribution in [0.5, 0.6) is 5.75 Å². The molecule has 2 aromatic rings. The number of amides is 1. The smallest absolute Gasteiger partial charge is 0.275 e. The maximum Gasteiger partial charge on any atom is 0.275 e. The van der Waals surface area contributed by atoms with Gasteiger partial charge in [-0.15, -0.1) is 4.83 Å².